The van der Waals surface area contributed by atoms with Gasteiger partial charge >= 0.3 is 12.8 Å². The van der Waals surface area contributed by atoms with Crippen LogP contribution in [-0.4, -0.2) is 36.8 Å². The van der Waals surface area contributed by atoms with Gasteiger partial charge in [0.15, 0.2) is 0 Å². The van der Waals surface area contributed by atoms with Crippen molar-refractivity contribution in [1.82, 2.24) is 14.3 Å². The number of hydrogen-bond donors (Lipinski definition) is 1. The average molecular weight is 510 g/mol. The number of benzene rings is 1. The molecular weight excluding hydrogens is 495 g/mol. The Labute approximate surface area is 195 Å². The van der Waals surface area contributed by atoms with E-state index in [1.165, 1.54) is 18.2 Å². The van der Waals surface area contributed by atoms with Crippen molar-refractivity contribution in [2.45, 2.75) is 30.6 Å². The molecule has 1 aliphatic carbocycles. The first kappa shape index (κ1) is 24.4. The van der Waals surface area contributed by atoms with E-state index in [0.29, 0.717) is 23.9 Å². The van der Waals surface area contributed by atoms with Crippen LogP contribution >= 0.6 is 0 Å². The lowest BCUT2D eigenvalue weighted by Crippen LogP contribution is -2.42. The van der Waals surface area contributed by atoms with Crippen LogP contribution < -0.4 is 9.46 Å². The molecule has 13 heteroatoms. The number of allylic oxidation sites excluding steroid dienone is 4. The van der Waals surface area contributed by atoms with Crippen molar-refractivity contribution in [3.8, 4) is 23.1 Å². The minimum absolute atomic E-state index is 0.0628. The molecule has 1 N–H and O–H groups in total. The second-order valence-electron chi connectivity index (χ2n) is 7.45. The number of pyridine rings is 1. The third-order valence-electron chi connectivity index (χ3n) is 5.17. The smallest absolute Gasteiger partial charge is 0.404 e. The lowest BCUT2D eigenvalue weighted by Gasteiger charge is -2.18. The van der Waals surface area contributed by atoms with Crippen LogP contribution in [0.5, 0.6) is 5.75 Å². The fraction of sp³-hybridized carbons (Fsp3) is 0.182. The molecule has 0 fully saturated rings. The number of rotatable bonds is 7. The zero-order valence-electron chi connectivity index (χ0n) is 17.7. The van der Waals surface area contributed by atoms with Crippen LogP contribution in [0.3, 0.4) is 0 Å². The van der Waals surface area contributed by atoms with E-state index >= 15 is 0 Å². The lowest BCUT2D eigenvalue weighted by molar-refractivity contribution is -0.147. The number of sulfonamides is 1. The Morgan fingerprint density at radius 2 is 1.86 bits per heavy atom. The molecular formula is C22H15F5N4O3S. The first-order valence-electron chi connectivity index (χ1n) is 9.90. The molecule has 3 aromatic rings. The quantitative estimate of drug-likeness (QED) is 0.460. The molecule has 7 nitrogen and oxygen atoms in total. The van der Waals surface area contributed by atoms with Crippen molar-refractivity contribution >= 4 is 26.8 Å². The first-order chi connectivity index (χ1) is 16.4. The Kier molecular flexibility index (Phi) is 6.12. The molecule has 1 aromatic carbocycles. The number of ether oxygens (including phenoxy) is 1. The molecule has 35 heavy (non-hydrogen) atoms. The highest BCUT2D eigenvalue weighted by molar-refractivity contribution is 7.89. The number of halogens is 5. The maximum Gasteiger partial charge on any atom is 0.404 e. The van der Waals surface area contributed by atoms with Crippen LogP contribution in [0.15, 0.2) is 59.7 Å². The van der Waals surface area contributed by atoms with E-state index in [9.17, 15) is 35.6 Å². The molecule has 4 rings (SSSR count). The van der Waals surface area contributed by atoms with Crippen molar-refractivity contribution in [3.05, 3.63) is 60.3 Å². The van der Waals surface area contributed by atoms with E-state index in [-0.39, 0.29) is 22.3 Å². The largest absolute Gasteiger partial charge is 0.433 e. The summed E-state index contributed by atoms with van der Waals surface area (Å²) in [5, 5.41) is 10.1. The Bertz CT molecular complexity index is 1500. The van der Waals surface area contributed by atoms with E-state index in [1.54, 1.807) is 27.5 Å². The maximum absolute atomic E-state index is 12.8. The van der Waals surface area contributed by atoms with Crippen LogP contribution in [-0.2, 0) is 10.0 Å². The number of fused-ring (bicyclic) bond motifs is 1. The summed E-state index contributed by atoms with van der Waals surface area (Å²) >= 11 is 0. The van der Waals surface area contributed by atoms with Crippen molar-refractivity contribution < 1.29 is 35.1 Å². The number of nitrogens with one attached hydrogen (secondary N) is 1. The van der Waals surface area contributed by atoms with Gasteiger partial charge in [-0.1, -0.05) is 18.2 Å². The van der Waals surface area contributed by atoms with Crippen LogP contribution in [0.4, 0.5) is 22.0 Å². The Morgan fingerprint density at radius 1 is 1.20 bits per heavy atom. The van der Waals surface area contributed by atoms with Gasteiger partial charge in [0, 0.05) is 16.6 Å². The molecule has 2 heterocycles. The van der Waals surface area contributed by atoms with Gasteiger partial charge in [-0.05, 0) is 37.3 Å². The van der Waals surface area contributed by atoms with Gasteiger partial charge in [0.25, 0.3) is 0 Å². The monoisotopic (exact) mass is 510 g/mol. The van der Waals surface area contributed by atoms with Crippen molar-refractivity contribution in [1.29, 1.82) is 5.26 Å². The zero-order valence-corrected chi connectivity index (χ0v) is 18.5. The molecule has 1 unspecified atom stereocenters. The van der Waals surface area contributed by atoms with Crippen LogP contribution in [0.25, 0.3) is 28.0 Å². The maximum atomic E-state index is 12.8. The fourth-order valence-electron chi connectivity index (χ4n) is 3.44. The van der Waals surface area contributed by atoms with Gasteiger partial charge in [-0.15, -0.1) is 0 Å². The molecule has 0 spiro atoms. The van der Waals surface area contributed by atoms with E-state index in [4.69, 9.17) is 0 Å². The Hall–Kier alpha value is -3.76. The van der Waals surface area contributed by atoms with Gasteiger partial charge in [-0.2, -0.15) is 31.9 Å². The average Bonchev–Trinajstić information content (AvgIpc) is 3.04. The van der Waals surface area contributed by atoms with Crippen molar-refractivity contribution in [2.24, 2.45) is 0 Å². The van der Waals surface area contributed by atoms with Crippen LogP contribution in [0.2, 0.25) is 0 Å². The number of nitriles is 1. The SMILES string of the molecule is CC(NS(=O)(=O)c1ccc(-c2c(C#N)c3cc(OC(F)F)cnc3n2C2=CC=C2)cc1)C(F)(F)F. The molecule has 1 atom stereocenters. The summed E-state index contributed by atoms with van der Waals surface area (Å²) in [5.74, 6) is -0.253. The summed E-state index contributed by atoms with van der Waals surface area (Å²) < 4.78 is 96.0. The van der Waals surface area contributed by atoms with Gasteiger partial charge in [-0.3, -0.25) is 4.57 Å². The summed E-state index contributed by atoms with van der Waals surface area (Å²) in [7, 11) is -4.48. The molecule has 0 saturated carbocycles. The topological polar surface area (TPSA) is 97.0 Å². The predicted molar refractivity (Wildman–Crippen MR) is 116 cm³/mol. The van der Waals surface area contributed by atoms with E-state index in [1.807, 2.05) is 6.07 Å². The van der Waals surface area contributed by atoms with Gasteiger partial charge in [0.05, 0.1) is 22.3 Å². The second kappa shape index (κ2) is 8.79. The number of nitrogens with zero attached hydrogens (tertiary/aromatic N) is 3. The molecule has 0 aliphatic heterocycles. The van der Waals surface area contributed by atoms with Crippen molar-refractivity contribution in [3.63, 3.8) is 0 Å². The highest BCUT2D eigenvalue weighted by Gasteiger charge is 2.39. The lowest BCUT2D eigenvalue weighted by atomic mass is 10.1. The molecule has 0 bridgehead atoms. The summed E-state index contributed by atoms with van der Waals surface area (Å²) in [6.07, 6.45) is 1.49. The minimum atomic E-state index is -4.76. The Morgan fingerprint density at radius 3 is 2.37 bits per heavy atom. The molecule has 0 saturated heterocycles. The Balaban J connectivity index is 1.82. The highest BCUT2D eigenvalue weighted by Crippen LogP contribution is 2.38. The molecule has 1 aliphatic rings. The number of hydrogen-bond acceptors (Lipinski definition) is 5. The molecule has 182 valence electrons. The van der Waals surface area contributed by atoms with Crippen LogP contribution in [0, 0.1) is 11.3 Å². The molecule has 0 radical (unpaired) electrons. The zero-order chi connectivity index (χ0) is 25.5. The number of alkyl halides is 5. The minimum Gasteiger partial charge on any atom is -0.433 e. The van der Waals surface area contributed by atoms with Crippen molar-refractivity contribution in [2.75, 3.05) is 0 Å². The first-order valence-corrected chi connectivity index (χ1v) is 11.4. The van der Waals surface area contributed by atoms with Gasteiger partial charge in [0.1, 0.15) is 23.5 Å². The normalized spacial score (nSPS) is 14.5. The summed E-state index contributed by atoms with van der Waals surface area (Å²) in [6, 6.07) is 5.84. The van der Waals surface area contributed by atoms with E-state index in [0.717, 1.165) is 18.3 Å². The van der Waals surface area contributed by atoms with E-state index in [2.05, 4.69) is 9.72 Å². The second-order valence-corrected chi connectivity index (χ2v) is 9.17. The summed E-state index contributed by atoms with van der Waals surface area (Å²) in [4.78, 5) is 3.76. The highest BCUT2D eigenvalue weighted by atomic mass is 32.2. The summed E-state index contributed by atoms with van der Waals surface area (Å²) in [5.41, 5.74) is 1.60. The van der Waals surface area contributed by atoms with Crippen LogP contribution in [0.1, 0.15) is 12.5 Å². The van der Waals surface area contributed by atoms with E-state index < -0.39 is 33.7 Å². The van der Waals surface area contributed by atoms with Gasteiger partial charge in [-0.25, -0.2) is 13.4 Å². The third-order valence-corrected chi connectivity index (χ3v) is 6.73. The fourth-order valence-corrected chi connectivity index (χ4v) is 4.67. The standard InChI is InChI=1S/C22H15F5N4O3S/c1-12(22(25,26)27)30-35(32,33)16-7-5-13(6-8-16)19-18(10-28)17-9-15(34-21(23)24)11-29-20(17)31(19)14-3-2-4-14/h2-9,11-12,21,30H,1H3. The predicted octanol–water partition coefficient (Wildman–Crippen LogP) is 4.82. The number of aromatic nitrogens is 2. The third kappa shape index (κ3) is 4.62. The molecule has 0 amide bonds. The van der Waals surface area contributed by atoms with Gasteiger partial charge in [0.2, 0.25) is 10.0 Å². The molecule has 2 aromatic heterocycles. The summed E-state index contributed by atoms with van der Waals surface area (Å²) in [6.45, 7) is -2.41. The van der Waals surface area contributed by atoms with Gasteiger partial charge < -0.3 is 4.74 Å².